The van der Waals surface area contributed by atoms with Crippen molar-refractivity contribution >= 4 is 64.0 Å². The first-order chi connectivity index (χ1) is 11.3. The fourth-order valence-electron chi connectivity index (χ4n) is 2.04. The van der Waals surface area contributed by atoms with Gasteiger partial charge in [-0.15, -0.1) is 0 Å². The highest BCUT2D eigenvalue weighted by atomic mass is 35.5. The highest BCUT2D eigenvalue weighted by Crippen LogP contribution is 2.28. The van der Waals surface area contributed by atoms with E-state index in [1.807, 2.05) is 0 Å². The molecular formula is C16H12Cl4N2O2. The summed E-state index contributed by atoms with van der Waals surface area (Å²) in [4.78, 5) is 26.0. The summed E-state index contributed by atoms with van der Waals surface area (Å²) < 4.78 is 0. The van der Waals surface area contributed by atoms with E-state index in [0.29, 0.717) is 22.3 Å². The largest absolute Gasteiger partial charge is 0.328 e. The van der Waals surface area contributed by atoms with E-state index < -0.39 is 11.9 Å². The second-order valence-corrected chi connectivity index (χ2v) is 6.33. The van der Waals surface area contributed by atoms with Crippen molar-refractivity contribution in [3.63, 3.8) is 0 Å². The van der Waals surface area contributed by atoms with Crippen LogP contribution < -0.4 is 10.2 Å². The SMILES string of the molecule is CCN(C(=O)NC(=O)c1c(Cl)cccc1Cl)c1ccc(Cl)c(Cl)c1. The zero-order chi connectivity index (χ0) is 17.9. The summed E-state index contributed by atoms with van der Waals surface area (Å²) >= 11 is 23.8. The average Bonchev–Trinajstić information content (AvgIpc) is 2.51. The predicted octanol–water partition coefficient (Wildman–Crippen LogP) is 5.68. The Hall–Kier alpha value is -1.46. The molecule has 0 bridgehead atoms. The molecule has 0 saturated carbocycles. The van der Waals surface area contributed by atoms with Gasteiger partial charge in [0.1, 0.15) is 0 Å². The van der Waals surface area contributed by atoms with Gasteiger partial charge < -0.3 is 0 Å². The lowest BCUT2D eigenvalue weighted by atomic mass is 10.2. The molecule has 4 nitrogen and oxygen atoms in total. The third-order valence-corrected chi connectivity index (χ3v) is 4.56. The van der Waals surface area contributed by atoms with Crippen LogP contribution in [0, 0.1) is 0 Å². The first-order valence-electron chi connectivity index (χ1n) is 6.87. The monoisotopic (exact) mass is 404 g/mol. The summed E-state index contributed by atoms with van der Waals surface area (Å²) in [5.74, 6) is -0.686. The van der Waals surface area contributed by atoms with E-state index in [2.05, 4.69) is 5.32 Å². The molecule has 0 aromatic heterocycles. The smallest absolute Gasteiger partial charge is 0.294 e. The van der Waals surface area contributed by atoms with Crippen molar-refractivity contribution in [1.82, 2.24) is 5.32 Å². The van der Waals surface area contributed by atoms with Crippen LogP contribution in [0.25, 0.3) is 0 Å². The number of hydrogen-bond acceptors (Lipinski definition) is 2. The molecule has 0 spiro atoms. The molecular weight excluding hydrogens is 394 g/mol. The summed E-state index contributed by atoms with van der Waals surface area (Å²) in [6, 6.07) is 8.76. The van der Waals surface area contributed by atoms with Crippen molar-refractivity contribution in [2.75, 3.05) is 11.4 Å². The molecule has 2 aromatic rings. The lowest BCUT2D eigenvalue weighted by Crippen LogP contribution is -2.43. The van der Waals surface area contributed by atoms with Gasteiger partial charge in [-0.05, 0) is 37.3 Å². The zero-order valence-corrected chi connectivity index (χ0v) is 15.5. The fourth-order valence-corrected chi connectivity index (χ4v) is 2.90. The number of rotatable bonds is 3. The van der Waals surface area contributed by atoms with Crippen LogP contribution in [-0.2, 0) is 0 Å². The fraction of sp³-hybridized carbons (Fsp3) is 0.125. The first-order valence-corrected chi connectivity index (χ1v) is 8.38. The molecule has 3 amide bonds. The number of benzene rings is 2. The van der Waals surface area contributed by atoms with Crippen LogP contribution in [0.3, 0.4) is 0 Å². The van der Waals surface area contributed by atoms with E-state index in [0.717, 1.165) is 0 Å². The number of hydrogen-bond donors (Lipinski definition) is 1. The standard InChI is InChI=1S/C16H12Cl4N2O2/c1-2-22(9-6-7-10(17)13(20)8-9)16(24)21-15(23)14-11(18)4-3-5-12(14)19/h3-8H,2H2,1H3,(H,21,23,24). The van der Waals surface area contributed by atoms with Crippen molar-refractivity contribution in [2.45, 2.75) is 6.92 Å². The Morgan fingerprint density at radius 3 is 2.12 bits per heavy atom. The van der Waals surface area contributed by atoms with Gasteiger partial charge in [-0.25, -0.2) is 4.79 Å². The number of amides is 3. The summed E-state index contributed by atoms with van der Waals surface area (Å²) in [7, 11) is 0. The summed E-state index contributed by atoms with van der Waals surface area (Å²) in [6.07, 6.45) is 0. The minimum Gasteiger partial charge on any atom is -0.294 e. The van der Waals surface area contributed by atoms with Crippen molar-refractivity contribution in [3.8, 4) is 0 Å². The van der Waals surface area contributed by atoms with Crippen molar-refractivity contribution in [2.24, 2.45) is 0 Å². The molecule has 1 N–H and O–H groups in total. The van der Waals surface area contributed by atoms with Gasteiger partial charge in [0.15, 0.2) is 0 Å². The van der Waals surface area contributed by atoms with Crippen LogP contribution in [0.1, 0.15) is 17.3 Å². The number of nitrogens with one attached hydrogen (secondary N) is 1. The maximum atomic E-state index is 12.4. The Morgan fingerprint density at radius 2 is 1.58 bits per heavy atom. The van der Waals surface area contributed by atoms with Gasteiger partial charge in [-0.3, -0.25) is 15.0 Å². The van der Waals surface area contributed by atoms with Gasteiger partial charge in [-0.1, -0.05) is 52.5 Å². The Kier molecular flexibility index (Phi) is 6.35. The summed E-state index contributed by atoms with van der Waals surface area (Å²) in [6.45, 7) is 2.07. The summed E-state index contributed by atoms with van der Waals surface area (Å²) in [5.41, 5.74) is 0.543. The third-order valence-electron chi connectivity index (χ3n) is 3.19. The molecule has 0 heterocycles. The molecule has 0 aliphatic rings. The van der Waals surface area contributed by atoms with Gasteiger partial charge in [-0.2, -0.15) is 0 Å². The van der Waals surface area contributed by atoms with E-state index in [1.165, 1.54) is 17.0 Å². The minimum atomic E-state index is -0.686. The molecule has 0 unspecified atom stereocenters. The molecule has 2 rings (SSSR count). The van der Waals surface area contributed by atoms with Gasteiger partial charge in [0, 0.05) is 12.2 Å². The van der Waals surface area contributed by atoms with Crippen LogP contribution in [-0.4, -0.2) is 18.5 Å². The molecule has 0 aliphatic carbocycles. The molecule has 126 valence electrons. The predicted molar refractivity (Wildman–Crippen MR) is 98.8 cm³/mol. The van der Waals surface area contributed by atoms with E-state index in [4.69, 9.17) is 46.4 Å². The Morgan fingerprint density at radius 1 is 0.958 bits per heavy atom. The van der Waals surface area contributed by atoms with Crippen molar-refractivity contribution < 1.29 is 9.59 Å². The van der Waals surface area contributed by atoms with Gasteiger partial charge >= 0.3 is 6.03 Å². The zero-order valence-electron chi connectivity index (χ0n) is 12.4. The number of urea groups is 1. The number of carbonyl (C=O) groups is 2. The highest BCUT2D eigenvalue weighted by molar-refractivity contribution is 6.42. The van der Waals surface area contributed by atoms with E-state index >= 15 is 0 Å². The highest BCUT2D eigenvalue weighted by Gasteiger charge is 2.21. The number of nitrogens with zero attached hydrogens (tertiary/aromatic N) is 1. The Labute approximate surface area is 159 Å². The van der Waals surface area contributed by atoms with Crippen molar-refractivity contribution in [3.05, 3.63) is 62.1 Å². The quantitative estimate of drug-likeness (QED) is 0.714. The van der Waals surface area contributed by atoms with Crippen LogP contribution in [0.2, 0.25) is 20.1 Å². The second-order valence-electron chi connectivity index (χ2n) is 4.70. The first kappa shape index (κ1) is 18.9. The maximum absolute atomic E-state index is 12.4. The molecule has 2 aromatic carbocycles. The number of carbonyl (C=O) groups excluding carboxylic acids is 2. The van der Waals surface area contributed by atoms with E-state index in [1.54, 1.807) is 31.2 Å². The number of halogens is 4. The molecule has 0 aliphatic heterocycles. The van der Waals surface area contributed by atoms with Crippen molar-refractivity contribution in [1.29, 1.82) is 0 Å². The lowest BCUT2D eigenvalue weighted by Gasteiger charge is -2.21. The molecule has 0 fully saturated rings. The Balaban J connectivity index is 2.23. The number of imide groups is 1. The van der Waals surface area contributed by atoms with Gasteiger partial charge in [0.25, 0.3) is 5.91 Å². The molecule has 0 radical (unpaired) electrons. The van der Waals surface area contributed by atoms with Crippen LogP contribution >= 0.6 is 46.4 Å². The third kappa shape index (κ3) is 4.14. The average molecular weight is 406 g/mol. The molecule has 24 heavy (non-hydrogen) atoms. The summed E-state index contributed by atoms with van der Waals surface area (Å²) in [5, 5.41) is 3.26. The van der Waals surface area contributed by atoms with Crippen LogP contribution in [0.5, 0.6) is 0 Å². The van der Waals surface area contributed by atoms with Crippen LogP contribution in [0.4, 0.5) is 10.5 Å². The molecule has 0 atom stereocenters. The number of anilines is 1. The lowest BCUT2D eigenvalue weighted by molar-refractivity contribution is 0.0966. The van der Waals surface area contributed by atoms with Gasteiger partial charge in [0.2, 0.25) is 0 Å². The second kappa shape index (κ2) is 8.08. The maximum Gasteiger partial charge on any atom is 0.328 e. The van der Waals surface area contributed by atoms with Crippen LogP contribution in [0.15, 0.2) is 36.4 Å². The molecule has 8 heteroatoms. The van der Waals surface area contributed by atoms with Gasteiger partial charge in [0.05, 0.1) is 25.7 Å². The normalized spacial score (nSPS) is 10.4. The van der Waals surface area contributed by atoms with E-state index in [-0.39, 0.29) is 15.6 Å². The Bertz CT molecular complexity index is 775. The topological polar surface area (TPSA) is 49.4 Å². The molecule has 0 saturated heterocycles. The van der Waals surface area contributed by atoms with E-state index in [9.17, 15) is 9.59 Å². The minimum absolute atomic E-state index is 0.0411.